The molecule has 0 atom stereocenters. The number of alkyl halides is 3. The molecule has 0 aliphatic carbocycles. The maximum absolute atomic E-state index is 13.1. The van der Waals surface area contributed by atoms with Gasteiger partial charge in [-0.25, -0.2) is 9.59 Å². The Kier molecular flexibility index (Phi) is 14.5. The number of carbonyl (C=O) groups is 3. The van der Waals surface area contributed by atoms with E-state index in [0.29, 0.717) is 29.7 Å². The van der Waals surface area contributed by atoms with E-state index < -0.39 is 35.5 Å². The molecule has 0 radical (unpaired) electrons. The van der Waals surface area contributed by atoms with Crippen molar-refractivity contribution in [2.75, 3.05) is 13.2 Å². The van der Waals surface area contributed by atoms with Crippen LogP contribution in [0.25, 0.3) is 0 Å². The minimum absolute atomic E-state index is 0.117. The average molecular weight is 746 g/mol. The van der Waals surface area contributed by atoms with Crippen LogP contribution in [-0.4, -0.2) is 69.5 Å². The summed E-state index contributed by atoms with van der Waals surface area (Å²) >= 11 is 0. The van der Waals surface area contributed by atoms with E-state index in [1.54, 1.807) is 96.3 Å². The minimum atomic E-state index is -5.14. The van der Waals surface area contributed by atoms with E-state index in [2.05, 4.69) is 15.6 Å². The first-order chi connectivity index (χ1) is 24.7. The van der Waals surface area contributed by atoms with Crippen molar-refractivity contribution in [3.63, 3.8) is 0 Å². The third-order valence-electron chi connectivity index (χ3n) is 6.79. The van der Waals surface area contributed by atoms with Gasteiger partial charge in [0.05, 0.1) is 13.2 Å². The maximum atomic E-state index is 13.1. The van der Waals surface area contributed by atoms with E-state index in [9.17, 15) is 27.6 Å². The lowest BCUT2D eigenvalue weighted by atomic mass is 10.1. The van der Waals surface area contributed by atoms with Gasteiger partial charge in [0.15, 0.2) is 0 Å². The molecule has 3 aromatic rings. The van der Waals surface area contributed by atoms with Gasteiger partial charge in [-0.15, -0.1) is 0 Å². The second-order valence-electron chi connectivity index (χ2n) is 13.7. The van der Waals surface area contributed by atoms with Crippen LogP contribution < -0.4 is 21.0 Å². The third kappa shape index (κ3) is 15.0. The summed E-state index contributed by atoms with van der Waals surface area (Å²) in [6.45, 7) is 11.4. The number of aryl methyl sites for hydroxylation is 2. The number of ether oxygens (including phenoxy) is 4. The molecule has 0 bridgehead atoms. The number of alkyl carbamates (subject to hydrolysis) is 2. The predicted octanol–water partition coefficient (Wildman–Crippen LogP) is 6.06. The molecule has 53 heavy (non-hydrogen) atoms. The fourth-order valence-corrected chi connectivity index (χ4v) is 4.48. The maximum Gasteiger partial charge on any atom is 0.473 e. The predicted molar refractivity (Wildman–Crippen MR) is 189 cm³/mol. The summed E-state index contributed by atoms with van der Waals surface area (Å²) in [5.41, 5.74) is 0.130. The first-order valence-electron chi connectivity index (χ1n) is 16.7. The van der Waals surface area contributed by atoms with Crippen LogP contribution in [0, 0.1) is 10.8 Å². The number of hydrogen-bond donors (Lipinski definition) is 4. The van der Waals surface area contributed by atoms with Crippen LogP contribution in [0.3, 0.4) is 0 Å². The zero-order chi connectivity index (χ0) is 39.4. The summed E-state index contributed by atoms with van der Waals surface area (Å²) < 4.78 is 64.0. The molecule has 0 aliphatic heterocycles. The SMILES string of the molecule is CC(C)(C)OC(=O)NC(=N)c1ccc(COCCCn2ccn(CCCOc3ccc(C(=N)NC(=O)OC(C)(C)C)cc3)/c2=N\C(=O)C(F)(F)F)cc1. The van der Waals surface area contributed by atoms with E-state index in [-0.39, 0.29) is 50.2 Å². The van der Waals surface area contributed by atoms with Crippen molar-refractivity contribution in [1.29, 1.82) is 10.8 Å². The molecule has 0 aliphatic rings. The summed E-state index contributed by atoms with van der Waals surface area (Å²) in [6, 6.07) is 13.2. The van der Waals surface area contributed by atoms with Crippen molar-refractivity contribution in [1.82, 2.24) is 19.8 Å². The quantitative estimate of drug-likeness (QED) is 0.0933. The van der Waals surface area contributed by atoms with E-state index in [4.69, 9.17) is 29.8 Å². The van der Waals surface area contributed by atoms with Crippen LogP contribution in [0.5, 0.6) is 5.75 Å². The van der Waals surface area contributed by atoms with Crippen LogP contribution in [0.2, 0.25) is 0 Å². The molecule has 3 rings (SSSR count). The summed E-state index contributed by atoms with van der Waals surface area (Å²) in [5.74, 6) is -2.01. The fraction of sp³-hybridized carbons (Fsp3) is 0.444. The van der Waals surface area contributed by atoms with Crippen LogP contribution in [-0.2, 0) is 38.7 Å². The molecule has 288 valence electrons. The average Bonchev–Trinajstić information content (AvgIpc) is 3.41. The Bertz CT molecular complexity index is 1800. The molecule has 1 heterocycles. The number of nitrogens with one attached hydrogen (secondary N) is 4. The number of imidazole rings is 1. The van der Waals surface area contributed by atoms with Gasteiger partial charge >= 0.3 is 24.3 Å². The summed E-state index contributed by atoms with van der Waals surface area (Å²) in [6.07, 6.45) is -2.76. The van der Waals surface area contributed by atoms with Gasteiger partial charge in [0.1, 0.15) is 28.6 Å². The Morgan fingerprint density at radius 1 is 0.717 bits per heavy atom. The second-order valence-corrected chi connectivity index (χ2v) is 13.7. The summed E-state index contributed by atoms with van der Waals surface area (Å²) in [7, 11) is 0. The summed E-state index contributed by atoms with van der Waals surface area (Å²) in [5, 5.41) is 20.9. The van der Waals surface area contributed by atoms with E-state index in [1.807, 2.05) is 0 Å². The number of nitrogens with zero attached hydrogens (tertiary/aromatic N) is 3. The van der Waals surface area contributed by atoms with Crippen molar-refractivity contribution in [3.8, 4) is 5.75 Å². The lowest BCUT2D eigenvalue weighted by Gasteiger charge is -2.19. The van der Waals surface area contributed by atoms with Crippen molar-refractivity contribution in [3.05, 3.63) is 83.2 Å². The highest BCUT2D eigenvalue weighted by Gasteiger charge is 2.38. The van der Waals surface area contributed by atoms with Gasteiger partial charge in [-0.05, 0) is 84.2 Å². The number of hydrogen-bond acceptors (Lipinski definition) is 9. The van der Waals surface area contributed by atoms with E-state index in [1.165, 1.54) is 15.3 Å². The van der Waals surface area contributed by atoms with Gasteiger partial charge in [0.2, 0.25) is 5.62 Å². The molecule has 17 heteroatoms. The van der Waals surface area contributed by atoms with Gasteiger partial charge < -0.3 is 28.1 Å². The zero-order valence-corrected chi connectivity index (χ0v) is 30.6. The van der Waals surface area contributed by atoms with Gasteiger partial charge in [-0.3, -0.25) is 26.2 Å². The van der Waals surface area contributed by atoms with Crippen LogP contribution >= 0.6 is 0 Å². The standard InChI is InChI=1S/C36H46F3N7O7/c1-34(2,3)52-32(48)42-28(40)25-11-9-24(10-12-25)23-50-21-7-17-45-19-20-46(31(45)44-30(47)36(37,38)39)18-8-22-51-27-15-13-26(14-16-27)29(41)43-33(49)53-35(4,5)6/h9-16,19-20H,7-8,17-18,21-23H2,1-6H3,(H2,40,42,48)(H2,41,43,49)/b44-31-. The lowest BCUT2D eigenvalue weighted by molar-refractivity contribution is -0.169. The molecule has 0 saturated heterocycles. The highest BCUT2D eigenvalue weighted by atomic mass is 19.4. The number of aromatic nitrogens is 2. The van der Waals surface area contributed by atoms with Crippen LogP contribution in [0.1, 0.15) is 71.1 Å². The van der Waals surface area contributed by atoms with E-state index in [0.717, 1.165) is 5.56 Å². The van der Waals surface area contributed by atoms with Gasteiger partial charge in [0, 0.05) is 43.2 Å². The molecule has 2 aromatic carbocycles. The monoisotopic (exact) mass is 745 g/mol. The smallest absolute Gasteiger partial charge is 0.473 e. The number of benzene rings is 2. The Morgan fingerprint density at radius 2 is 1.17 bits per heavy atom. The van der Waals surface area contributed by atoms with E-state index >= 15 is 0 Å². The number of amides is 3. The molecule has 3 amide bonds. The Balaban J connectivity index is 1.50. The van der Waals surface area contributed by atoms with Crippen LogP contribution in [0.4, 0.5) is 22.8 Å². The highest BCUT2D eigenvalue weighted by Crippen LogP contribution is 2.16. The molecule has 14 nitrogen and oxygen atoms in total. The Hall–Kier alpha value is -5.45. The normalized spacial score (nSPS) is 12.2. The first-order valence-corrected chi connectivity index (χ1v) is 16.7. The van der Waals surface area contributed by atoms with Crippen molar-refractivity contribution >= 4 is 29.8 Å². The molecule has 0 spiro atoms. The van der Waals surface area contributed by atoms with Crippen LogP contribution in [0.15, 0.2) is 65.9 Å². The Labute approximate surface area is 305 Å². The molecule has 1 aromatic heterocycles. The molecular weight excluding hydrogens is 699 g/mol. The van der Waals surface area contributed by atoms with Gasteiger partial charge in [-0.1, -0.05) is 24.3 Å². The fourth-order valence-electron chi connectivity index (χ4n) is 4.48. The third-order valence-corrected chi connectivity index (χ3v) is 6.79. The van der Waals surface area contributed by atoms with Crippen molar-refractivity contribution in [2.45, 2.75) is 91.5 Å². The lowest BCUT2D eigenvalue weighted by Crippen LogP contribution is -2.36. The first kappa shape index (κ1) is 42.0. The summed E-state index contributed by atoms with van der Waals surface area (Å²) in [4.78, 5) is 39.0. The van der Waals surface area contributed by atoms with Crippen molar-refractivity contribution < 1.29 is 46.5 Å². The largest absolute Gasteiger partial charge is 0.494 e. The Morgan fingerprint density at radius 3 is 1.62 bits per heavy atom. The number of amidine groups is 2. The number of carbonyl (C=O) groups excluding carboxylic acids is 3. The zero-order valence-electron chi connectivity index (χ0n) is 30.6. The van der Waals surface area contributed by atoms with Gasteiger partial charge in [-0.2, -0.15) is 18.2 Å². The number of halogens is 3. The molecule has 0 saturated carbocycles. The minimum Gasteiger partial charge on any atom is -0.494 e. The van der Waals surface area contributed by atoms with Gasteiger partial charge in [0.25, 0.3) is 0 Å². The molecule has 0 unspecified atom stereocenters. The molecule has 4 N–H and O–H groups in total. The molecular formula is C36H46F3N7O7. The topological polar surface area (TPSA) is 182 Å². The molecule has 0 fully saturated rings. The second kappa shape index (κ2) is 18.3. The van der Waals surface area contributed by atoms with Crippen molar-refractivity contribution in [2.24, 2.45) is 4.99 Å². The highest BCUT2D eigenvalue weighted by molar-refractivity contribution is 6.05. The number of rotatable bonds is 13.